The Balaban J connectivity index is 2.58. The highest BCUT2D eigenvalue weighted by atomic mass is 79.9. The fourth-order valence-electron chi connectivity index (χ4n) is 1.02. The summed E-state index contributed by atoms with van der Waals surface area (Å²) in [6.45, 7) is 2.57. The van der Waals surface area contributed by atoms with E-state index in [0.29, 0.717) is 12.2 Å². The van der Waals surface area contributed by atoms with Gasteiger partial charge in [0.25, 0.3) is 5.91 Å². The summed E-state index contributed by atoms with van der Waals surface area (Å²) >= 11 is 3.41. The van der Waals surface area contributed by atoms with Crippen molar-refractivity contribution in [2.24, 2.45) is 0 Å². The topological polar surface area (TPSA) is 62.0 Å². The average molecular weight is 273 g/mol. The van der Waals surface area contributed by atoms with Crippen molar-refractivity contribution in [2.45, 2.75) is 18.2 Å². The Morgan fingerprint density at radius 2 is 2.33 bits per heavy atom. The van der Waals surface area contributed by atoms with Crippen molar-refractivity contribution < 1.29 is 4.79 Å². The summed E-state index contributed by atoms with van der Waals surface area (Å²) in [6.07, 6.45) is 0.936. The molecule has 1 atom stereocenters. The number of hydrogen-bond acceptors (Lipinski definition) is 2. The molecule has 15 heavy (non-hydrogen) atoms. The van der Waals surface area contributed by atoms with Crippen LogP contribution in [0, 0.1) is 0 Å². The molecule has 1 unspecified atom stereocenters. The summed E-state index contributed by atoms with van der Waals surface area (Å²) in [4.78, 5) is 25.2. The second-order valence-electron chi connectivity index (χ2n) is 3.14. The van der Waals surface area contributed by atoms with Gasteiger partial charge in [0.2, 0.25) is 5.56 Å². The number of carbonyl (C=O) groups excluding carboxylic acids is 1. The molecule has 1 amide bonds. The zero-order valence-electron chi connectivity index (χ0n) is 8.42. The molecule has 2 N–H and O–H groups in total. The molecule has 1 rings (SSSR count). The molecule has 0 saturated carbocycles. The number of amides is 1. The van der Waals surface area contributed by atoms with Crippen LogP contribution in [-0.2, 0) is 0 Å². The highest BCUT2D eigenvalue weighted by molar-refractivity contribution is 9.09. The molecule has 1 heterocycles. The summed E-state index contributed by atoms with van der Waals surface area (Å²) in [7, 11) is 0. The van der Waals surface area contributed by atoms with Crippen molar-refractivity contribution in [3.63, 3.8) is 0 Å². The van der Waals surface area contributed by atoms with E-state index in [1.807, 2.05) is 6.92 Å². The maximum atomic E-state index is 11.5. The first-order chi connectivity index (χ1) is 7.13. The van der Waals surface area contributed by atoms with E-state index in [-0.39, 0.29) is 16.3 Å². The largest absolute Gasteiger partial charge is 0.350 e. The fraction of sp³-hybridized carbons (Fsp3) is 0.400. The van der Waals surface area contributed by atoms with Gasteiger partial charge in [0.1, 0.15) is 5.69 Å². The average Bonchev–Trinajstić information content (AvgIpc) is 2.25. The van der Waals surface area contributed by atoms with Crippen molar-refractivity contribution in [3.05, 3.63) is 34.2 Å². The van der Waals surface area contributed by atoms with E-state index in [1.165, 1.54) is 6.07 Å². The van der Waals surface area contributed by atoms with Crippen LogP contribution in [0.1, 0.15) is 23.8 Å². The van der Waals surface area contributed by atoms with Crippen LogP contribution < -0.4 is 10.9 Å². The van der Waals surface area contributed by atoms with Crippen LogP contribution in [0.3, 0.4) is 0 Å². The molecule has 5 heteroatoms. The summed E-state index contributed by atoms with van der Waals surface area (Å²) in [5, 5.41) is 2.72. The summed E-state index contributed by atoms with van der Waals surface area (Å²) in [5.74, 6) is -0.259. The first-order valence-electron chi connectivity index (χ1n) is 4.75. The number of nitrogens with one attached hydrogen (secondary N) is 2. The van der Waals surface area contributed by atoms with E-state index in [4.69, 9.17) is 0 Å². The lowest BCUT2D eigenvalue weighted by Gasteiger charge is -2.08. The number of halogens is 1. The number of alkyl halides is 1. The Morgan fingerprint density at radius 1 is 1.60 bits per heavy atom. The lowest BCUT2D eigenvalue weighted by molar-refractivity contribution is 0.0948. The van der Waals surface area contributed by atoms with Crippen molar-refractivity contribution >= 4 is 21.8 Å². The Labute approximate surface area is 96.2 Å². The number of hydrogen-bond donors (Lipinski definition) is 2. The maximum Gasteiger partial charge on any atom is 0.267 e. The van der Waals surface area contributed by atoms with E-state index in [0.717, 1.165) is 6.42 Å². The van der Waals surface area contributed by atoms with Crippen molar-refractivity contribution in [1.82, 2.24) is 10.3 Å². The van der Waals surface area contributed by atoms with E-state index >= 15 is 0 Å². The van der Waals surface area contributed by atoms with E-state index in [1.54, 1.807) is 12.1 Å². The number of rotatable bonds is 4. The SMILES string of the molecule is CCC(Br)CNC(=O)c1cccc(=O)[nH]1. The van der Waals surface area contributed by atoms with Crippen LogP contribution in [0.15, 0.2) is 23.0 Å². The third kappa shape index (κ3) is 3.87. The quantitative estimate of drug-likeness (QED) is 0.812. The number of H-pyrrole nitrogens is 1. The van der Waals surface area contributed by atoms with Crippen LogP contribution >= 0.6 is 15.9 Å². The normalized spacial score (nSPS) is 12.1. The van der Waals surface area contributed by atoms with Gasteiger partial charge in [-0.3, -0.25) is 9.59 Å². The number of carbonyl (C=O) groups is 1. The van der Waals surface area contributed by atoms with Gasteiger partial charge in [-0.25, -0.2) is 0 Å². The molecule has 4 nitrogen and oxygen atoms in total. The van der Waals surface area contributed by atoms with E-state index < -0.39 is 0 Å². The molecule has 0 spiro atoms. The minimum atomic E-state index is -0.270. The molecule has 0 radical (unpaired) electrons. The second kappa shape index (κ2) is 5.70. The monoisotopic (exact) mass is 272 g/mol. The standard InChI is InChI=1S/C10H13BrN2O2/c1-2-7(11)6-12-10(15)8-4-3-5-9(14)13-8/h3-5,7H,2,6H2,1H3,(H,12,15)(H,13,14). The summed E-state index contributed by atoms with van der Waals surface area (Å²) in [6, 6.07) is 4.50. The van der Waals surface area contributed by atoms with Crippen LogP contribution in [0.25, 0.3) is 0 Å². The van der Waals surface area contributed by atoms with Gasteiger partial charge >= 0.3 is 0 Å². The Hall–Kier alpha value is -1.10. The van der Waals surface area contributed by atoms with Crippen LogP contribution in [0.5, 0.6) is 0 Å². The fourth-order valence-corrected chi connectivity index (χ4v) is 1.19. The second-order valence-corrected chi connectivity index (χ2v) is 4.44. The van der Waals surface area contributed by atoms with E-state index in [9.17, 15) is 9.59 Å². The van der Waals surface area contributed by atoms with Gasteiger partial charge in [-0.05, 0) is 12.5 Å². The highest BCUT2D eigenvalue weighted by Gasteiger charge is 2.07. The van der Waals surface area contributed by atoms with Crippen LogP contribution in [-0.4, -0.2) is 22.3 Å². The molecule has 0 saturated heterocycles. The highest BCUT2D eigenvalue weighted by Crippen LogP contribution is 2.02. The lowest BCUT2D eigenvalue weighted by Crippen LogP contribution is -2.30. The Morgan fingerprint density at radius 3 is 2.93 bits per heavy atom. The zero-order chi connectivity index (χ0) is 11.3. The Kier molecular flexibility index (Phi) is 4.55. The molecule has 0 fully saturated rings. The van der Waals surface area contributed by atoms with Crippen molar-refractivity contribution in [2.75, 3.05) is 6.54 Å². The van der Waals surface area contributed by atoms with Gasteiger partial charge in [0.05, 0.1) is 0 Å². The molecule has 0 bridgehead atoms. The molecule has 0 aliphatic heterocycles. The predicted octanol–water partition coefficient (Wildman–Crippen LogP) is 1.28. The van der Waals surface area contributed by atoms with Gasteiger partial charge in [0.15, 0.2) is 0 Å². The molecule has 1 aromatic heterocycles. The van der Waals surface area contributed by atoms with Gasteiger partial charge < -0.3 is 10.3 Å². The third-order valence-electron chi connectivity index (χ3n) is 1.94. The molecular weight excluding hydrogens is 260 g/mol. The molecule has 82 valence electrons. The maximum absolute atomic E-state index is 11.5. The first kappa shape index (κ1) is 12.0. The smallest absolute Gasteiger partial charge is 0.267 e. The first-order valence-corrected chi connectivity index (χ1v) is 5.66. The predicted molar refractivity (Wildman–Crippen MR) is 62.4 cm³/mol. The molecule has 0 aromatic carbocycles. The minimum absolute atomic E-state index is 0.259. The van der Waals surface area contributed by atoms with Gasteiger partial charge in [0, 0.05) is 17.4 Å². The summed E-state index contributed by atoms with van der Waals surface area (Å²) < 4.78 is 0. The van der Waals surface area contributed by atoms with Crippen molar-refractivity contribution in [3.8, 4) is 0 Å². The molecule has 0 aliphatic rings. The third-order valence-corrected chi connectivity index (χ3v) is 2.91. The van der Waals surface area contributed by atoms with Gasteiger partial charge in [-0.15, -0.1) is 0 Å². The molecular formula is C10H13BrN2O2. The van der Waals surface area contributed by atoms with Gasteiger partial charge in [-0.2, -0.15) is 0 Å². The van der Waals surface area contributed by atoms with Crippen LogP contribution in [0.4, 0.5) is 0 Å². The number of pyridine rings is 1. The zero-order valence-corrected chi connectivity index (χ0v) is 10.0. The van der Waals surface area contributed by atoms with E-state index in [2.05, 4.69) is 26.2 Å². The van der Waals surface area contributed by atoms with Gasteiger partial charge in [-0.1, -0.05) is 28.9 Å². The number of aromatic nitrogens is 1. The minimum Gasteiger partial charge on any atom is -0.350 e. The molecule has 1 aromatic rings. The van der Waals surface area contributed by atoms with Crippen molar-refractivity contribution in [1.29, 1.82) is 0 Å². The number of aromatic amines is 1. The molecule has 0 aliphatic carbocycles. The Bertz CT molecular complexity index is 389. The summed E-state index contributed by atoms with van der Waals surface area (Å²) in [5.41, 5.74) is 0.0202. The van der Waals surface area contributed by atoms with Crippen LogP contribution in [0.2, 0.25) is 0 Å². The lowest BCUT2D eigenvalue weighted by atomic mass is 10.3.